The van der Waals surface area contributed by atoms with Gasteiger partial charge in [-0.1, -0.05) is 11.6 Å². The standard InChI is InChI=1S/C24H25ClN6O3/c1-14(22-28-23-19(24(32)29-22)11-27-31(23)16-5-8-33-9-6-16)30-12-17(13-30)34-21-4-7-26-20-10-15(25)2-3-18(20)21/h2-4,7,10-11,14,16-17H,5-6,8-9,12-13H2,1H3,(H,28,29,32). The normalized spacial score (nSPS) is 18.9. The molecular formula is C24H25ClN6O3. The lowest BCUT2D eigenvalue weighted by Crippen LogP contribution is -2.54. The summed E-state index contributed by atoms with van der Waals surface area (Å²) in [5, 5.41) is 6.60. The largest absolute Gasteiger partial charge is 0.487 e. The van der Waals surface area contributed by atoms with Crippen molar-refractivity contribution in [2.45, 2.75) is 38.0 Å². The van der Waals surface area contributed by atoms with Gasteiger partial charge in [0.2, 0.25) is 0 Å². The van der Waals surface area contributed by atoms with Gasteiger partial charge in [0.05, 0.1) is 23.8 Å². The zero-order chi connectivity index (χ0) is 23.2. The first-order valence-corrected chi connectivity index (χ1v) is 11.9. The van der Waals surface area contributed by atoms with Crippen LogP contribution in [0.1, 0.15) is 37.7 Å². The molecule has 176 valence electrons. The van der Waals surface area contributed by atoms with Crippen molar-refractivity contribution in [2.24, 2.45) is 0 Å². The van der Waals surface area contributed by atoms with Crippen molar-refractivity contribution >= 4 is 33.5 Å². The molecule has 0 aliphatic carbocycles. The molecule has 2 fully saturated rings. The van der Waals surface area contributed by atoms with Gasteiger partial charge in [-0.3, -0.25) is 14.7 Å². The number of aromatic amines is 1. The molecule has 0 radical (unpaired) electrons. The van der Waals surface area contributed by atoms with E-state index in [0.717, 1.165) is 42.6 Å². The Labute approximate surface area is 200 Å². The monoisotopic (exact) mass is 480 g/mol. The van der Waals surface area contributed by atoms with Crippen molar-refractivity contribution in [3.8, 4) is 5.75 Å². The van der Waals surface area contributed by atoms with Gasteiger partial charge in [0.25, 0.3) is 5.56 Å². The van der Waals surface area contributed by atoms with E-state index in [-0.39, 0.29) is 23.7 Å². The Bertz CT molecular complexity index is 1410. The van der Waals surface area contributed by atoms with Gasteiger partial charge in [-0.25, -0.2) is 9.67 Å². The summed E-state index contributed by atoms with van der Waals surface area (Å²) in [6, 6.07) is 7.65. The minimum absolute atomic E-state index is 0.0481. The molecule has 10 heteroatoms. The van der Waals surface area contributed by atoms with E-state index in [1.807, 2.05) is 28.9 Å². The second-order valence-electron chi connectivity index (χ2n) is 8.96. The number of rotatable bonds is 5. The number of halogens is 1. The molecule has 4 aromatic rings. The van der Waals surface area contributed by atoms with Crippen molar-refractivity contribution in [3.63, 3.8) is 0 Å². The van der Waals surface area contributed by atoms with E-state index in [4.69, 9.17) is 26.1 Å². The lowest BCUT2D eigenvalue weighted by Gasteiger charge is -2.42. The Morgan fingerprint density at radius 2 is 2.03 bits per heavy atom. The molecule has 9 nitrogen and oxygen atoms in total. The number of H-pyrrole nitrogens is 1. The van der Waals surface area contributed by atoms with Crippen molar-refractivity contribution in [3.05, 3.63) is 57.9 Å². The average Bonchev–Trinajstić information content (AvgIpc) is 3.26. The topological polar surface area (TPSA) is 98.2 Å². The number of nitrogens with zero attached hydrogens (tertiary/aromatic N) is 5. The molecular weight excluding hydrogens is 456 g/mol. The Hall–Kier alpha value is -3.01. The van der Waals surface area contributed by atoms with E-state index in [1.54, 1.807) is 12.4 Å². The van der Waals surface area contributed by atoms with E-state index < -0.39 is 0 Å². The van der Waals surface area contributed by atoms with Crippen LogP contribution in [0.25, 0.3) is 21.9 Å². The van der Waals surface area contributed by atoms with E-state index in [9.17, 15) is 4.79 Å². The fourth-order valence-electron chi connectivity index (χ4n) is 4.76. The van der Waals surface area contributed by atoms with Gasteiger partial charge in [-0.15, -0.1) is 0 Å². The predicted molar refractivity (Wildman–Crippen MR) is 128 cm³/mol. The van der Waals surface area contributed by atoms with E-state index in [2.05, 4.69) is 26.9 Å². The van der Waals surface area contributed by atoms with Crippen molar-refractivity contribution < 1.29 is 9.47 Å². The van der Waals surface area contributed by atoms with Gasteiger partial charge in [0.15, 0.2) is 5.65 Å². The number of ether oxygens (including phenoxy) is 2. The summed E-state index contributed by atoms with van der Waals surface area (Å²) in [6.07, 6.45) is 5.14. The summed E-state index contributed by atoms with van der Waals surface area (Å²) in [5.41, 5.74) is 1.30. The molecule has 2 aliphatic heterocycles. The zero-order valence-electron chi connectivity index (χ0n) is 18.8. The van der Waals surface area contributed by atoms with Gasteiger partial charge in [-0.05, 0) is 44.0 Å². The van der Waals surface area contributed by atoms with Crippen LogP contribution < -0.4 is 10.3 Å². The summed E-state index contributed by atoms with van der Waals surface area (Å²) in [5.74, 6) is 1.45. The van der Waals surface area contributed by atoms with Crippen LogP contribution >= 0.6 is 11.6 Å². The van der Waals surface area contributed by atoms with E-state index in [0.29, 0.717) is 35.1 Å². The zero-order valence-corrected chi connectivity index (χ0v) is 19.5. The number of hydrogen-bond donors (Lipinski definition) is 1. The van der Waals surface area contributed by atoms with Crippen molar-refractivity contribution in [1.29, 1.82) is 0 Å². The Morgan fingerprint density at radius 3 is 2.85 bits per heavy atom. The molecule has 1 aromatic carbocycles. The van der Waals surface area contributed by atoms with Gasteiger partial charge < -0.3 is 14.5 Å². The van der Waals surface area contributed by atoms with E-state index >= 15 is 0 Å². The first kappa shape index (κ1) is 21.5. The highest BCUT2D eigenvalue weighted by molar-refractivity contribution is 6.31. The molecule has 0 bridgehead atoms. The SMILES string of the molecule is CC(c1nc2c(cnn2C2CCOCC2)c(=O)[nH]1)N1CC(Oc2ccnc3cc(Cl)ccc23)C1. The quantitative estimate of drug-likeness (QED) is 0.466. The van der Waals surface area contributed by atoms with Crippen LogP contribution in [0.5, 0.6) is 5.75 Å². The summed E-state index contributed by atoms with van der Waals surface area (Å²) in [7, 11) is 0. The highest BCUT2D eigenvalue weighted by atomic mass is 35.5. The smallest absolute Gasteiger partial charge is 0.262 e. The van der Waals surface area contributed by atoms with Crippen LogP contribution in [0.4, 0.5) is 0 Å². The summed E-state index contributed by atoms with van der Waals surface area (Å²) < 4.78 is 13.6. The highest BCUT2D eigenvalue weighted by Gasteiger charge is 2.34. The third kappa shape index (κ3) is 3.83. The summed E-state index contributed by atoms with van der Waals surface area (Å²) in [4.78, 5) is 27.2. The fourth-order valence-corrected chi connectivity index (χ4v) is 4.92. The molecule has 1 N–H and O–H groups in total. The van der Waals surface area contributed by atoms with Gasteiger partial charge in [-0.2, -0.15) is 5.10 Å². The Kier molecular flexibility index (Phi) is 5.47. The van der Waals surface area contributed by atoms with Crippen molar-refractivity contribution in [2.75, 3.05) is 26.3 Å². The summed E-state index contributed by atoms with van der Waals surface area (Å²) >= 11 is 6.09. The number of benzene rings is 1. The maximum atomic E-state index is 12.8. The minimum atomic E-state index is -0.152. The molecule has 6 rings (SSSR count). The first-order chi connectivity index (χ1) is 16.6. The van der Waals surface area contributed by atoms with E-state index in [1.165, 1.54) is 0 Å². The van der Waals surface area contributed by atoms with Gasteiger partial charge in [0, 0.05) is 42.9 Å². The molecule has 34 heavy (non-hydrogen) atoms. The molecule has 3 aromatic heterocycles. The van der Waals surface area contributed by atoms with Crippen LogP contribution in [0.15, 0.2) is 41.5 Å². The second kappa shape index (κ2) is 8.65. The molecule has 0 amide bonds. The molecule has 1 unspecified atom stereocenters. The number of nitrogens with one attached hydrogen (secondary N) is 1. The maximum Gasteiger partial charge on any atom is 0.262 e. The number of fused-ring (bicyclic) bond motifs is 2. The molecule has 2 saturated heterocycles. The third-order valence-corrected chi connectivity index (χ3v) is 7.03. The molecule has 0 saturated carbocycles. The first-order valence-electron chi connectivity index (χ1n) is 11.6. The van der Waals surface area contributed by atoms with Gasteiger partial charge in [0.1, 0.15) is 23.1 Å². The third-order valence-electron chi connectivity index (χ3n) is 6.80. The minimum Gasteiger partial charge on any atom is -0.487 e. The van der Waals surface area contributed by atoms with Crippen LogP contribution in [-0.4, -0.2) is 62.0 Å². The van der Waals surface area contributed by atoms with Crippen LogP contribution in [-0.2, 0) is 4.74 Å². The highest BCUT2D eigenvalue weighted by Crippen LogP contribution is 2.31. The van der Waals surface area contributed by atoms with Crippen molar-refractivity contribution in [1.82, 2.24) is 29.6 Å². The van der Waals surface area contributed by atoms with Gasteiger partial charge >= 0.3 is 0 Å². The van der Waals surface area contributed by atoms with Crippen LogP contribution in [0.2, 0.25) is 5.02 Å². The lowest BCUT2D eigenvalue weighted by atomic mass is 10.1. The Balaban J connectivity index is 1.18. The van der Waals surface area contributed by atoms with Crippen LogP contribution in [0.3, 0.4) is 0 Å². The lowest BCUT2D eigenvalue weighted by molar-refractivity contribution is -0.00660. The maximum absolute atomic E-state index is 12.8. The fraction of sp³-hybridized carbons (Fsp3) is 0.417. The average molecular weight is 481 g/mol. The number of hydrogen-bond acceptors (Lipinski definition) is 7. The summed E-state index contributed by atoms with van der Waals surface area (Å²) in [6.45, 7) is 4.93. The number of pyridine rings is 1. The number of aromatic nitrogens is 5. The Morgan fingerprint density at radius 1 is 1.21 bits per heavy atom. The molecule has 1 atom stereocenters. The number of likely N-dealkylation sites (tertiary alicyclic amines) is 1. The second-order valence-corrected chi connectivity index (χ2v) is 9.40. The molecule has 0 spiro atoms. The predicted octanol–water partition coefficient (Wildman–Crippen LogP) is 3.50. The van der Waals surface area contributed by atoms with Crippen LogP contribution in [0, 0.1) is 0 Å². The molecule has 5 heterocycles. The molecule has 2 aliphatic rings.